The molecule has 0 atom stereocenters. The van der Waals surface area contributed by atoms with E-state index in [0.29, 0.717) is 5.02 Å². The Bertz CT molecular complexity index is 486. The fourth-order valence-electron chi connectivity index (χ4n) is 1.24. The Kier molecular flexibility index (Phi) is 2.66. The Labute approximate surface area is 89.9 Å². The van der Waals surface area contributed by atoms with E-state index in [0.717, 1.165) is 0 Å². The first-order valence-corrected chi connectivity index (χ1v) is 4.55. The van der Waals surface area contributed by atoms with Crippen LogP contribution in [-0.2, 0) is 6.61 Å². The van der Waals surface area contributed by atoms with E-state index < -0.39 is 5.82 Å². The average Bonchev–Trinajstić information content (AvgIpc) is 2.65. The maximum Gasteiger partial charge on any atom is 0.163 e. The minimum Gasteiger partial charge on any atom is -0.388 e. The molecular weight excluding hydrogens is 221 g/mol. The molecule has 0 fully saturated rings. The standard InChI is InChI=1S/C9H7ClFN3O/c10-6-1-2-8(7(11)3-6)14-5-12-13-9(14)4-15/h1-3,5,15H,4H2. The third-order valence-corrected chi connectivity index (χ3v) is 2.16. The van der Waals surface area contributed by atoms with Gasteiger partial charge >= 0.3 is 0 Å². The lowest BCUT2D eigenvalue weighted by Crippen LogP contribution is -2.02. The first-order chi connectivity index (χ1) is 7.22. The van der Waals surface area contributed by atoms with Crippen molar-refractivity contribution >= 4 is 11.6 Å². The molecule has 1 heterocycles. The third-order valence-electron chi connectivity index (χ3n) is 1.93. The van der Waals surface area contributed by atoms with Crippen molar-refractivity contribution in [2.75, 3.05) is 0 Å². The zero-order valence-electron chi connectivity index (χ0n) is 7.56. The molecule has 0 aliphatic carbocycles. The van der Waals surface area contributed by atoms with Crippen LogP contribution in [0.2, 0.25) is 5.02 Å². The van der Waals surface area contributed by atoms with Crippen molar-refractivity contribution in [3.8, 4) is 5.69 Å². The normalized spacial score (nSPS) is 10.6. The topological polar surface area (TPSA) is 50.9 Å². The van der Waals surface area contributed by atoms with Crippen molar-refractivity contribution in [2.45, 2.75) is 6.61 Å². The summed E-state index contributed by atoms with van der Waals surface area (Å²) in [4.78, 5) is 0. The Morgan fingerprint density at radius 1 is 1.47 bits per heavy atom. The van der Waals surface area contributed by atoms with E-state index >= 15 is 0 Å². The van der Waals surface area contributed by atoms with E-state index in [4.69, 9.17) is 16.7 Å². The predicted molar refractivity (Wildman–Crippen MR) is 52.2 cm³/mol. The quantitative estimate of drug-likeness (QED) is 0.847. The molecule has 2 aromatic rings. The summed E-state index contributed by atoms with van der Waals surface area (Å²) in [7, 11) is 0. The second-order valence-electron chi connectivity index (χ2n) is 2.87. The minimum atomic E-state index is -0.489. The van der Waals surface area contributed by atoms with Gasteiger partial charge in [0.15, 0.2) is 5.82 Å². The highest BCUT2D eigenvalue weighted by atomic mass is 35.5. The lowest BCUT2D eigenvalue weighted by atomic mass is 10.3. The van der Waals surface area contributed by atoms with Crippen molar-refractivity contribution in [1.29, 1.82) is 0 Å². The lowest BCUT2D eigenvalue weighted by molar-refractivity contribution is 0.268. The monoisotopic (exact) mass is 227 g/mol. The molecule has 0 amide bonds. The van der Waals surface area contributed by atoms with E-state index in [2.05, 4.69) is 10.2 Å². The largest absolute Gasteiger partial charge is 0.388 e. The summed E-state index contributed by atoms with van der Waals surface area (Å²) >= 11 is 5.62. The summed E-state index contributed by atoms with van der Waals surface area (Å²) in [6.45, 7) is -0.304. The summed E-state index contributed by atoms with van der Waals surface area (Å²) < 4.78 is 14.9. The maximum atomic E-state index is 13.5. The van der Waals surface area contributed by atoms with Crippen LogP contribution in [0, 0.1) is 5.82 Å². The van der Waals surface area contributed by atoms with Crippen LogP contribution in [0.15, 0.2) is 24.5 Å². The van der Waals surface area contributed by atoms with Crippen LogP contribution in [-0.4, -0.2) is 19.9 Å². The van der Waals surface area contributed by atoms with Crippen LogP contribution < -0.4 is 0 Å². The SMILES string of the molecule is OCc1nncn1-c1ccc(Cl)cc1F. The zero-order chi connectivity index (χ0) is 10.8. The van der Waals surface area contributed by atoms with Crippen LogP contribution in [0.5, 0.6) is 0 Å². The van der Waals surface area contributed by atoms with Crippen LogP contribution in [0.1, 0.15) is 5.82 Å². The molecule has 0 unspecified atom stereocenters. The van der Waals surface area contributed by atoms with Gasteiger partial charge in [-0.1, -0.05) is 11.6 Å². The maximum absolute atomic E-state index is 13.5. The van der Waals surface area contributed by atoms with Gasteiger partial charge in [-0.15, -0.1) is 10.2 Å². The third kappa shape index (κ3) is 1.84. The number of hydrogen-bond donors (Lipinski definition) is 1. The molecule has 15 heavy (non-hydrogen) atoms. The predicted octanol–water partition coefficient (Wildman–Crippen LogP) is 1.55. The Hall–Kier alpha value is -1.46. The van der Waals surface area contributed by atoms with E-state index in [-0.39, 0.29) is 18.1 Å². The van der Waals surface area contributed by atoms with Gasteiger partial charge in [-0.05, 0) is 18.2 Å². The van der Waals surface area contributed by atoms with Crippen LogP contribution in [0.3, 0.4) is 0 Å². The van der Waals surface area contributed by atoms with E-state index in [9.17, 15) is 4.39 Å². The van der Waals surface area contributed by atoms with Gasteiger partial charge in [-0.2, -0.15) is 0 Å². The fraction of sp³-hybridized carbons (Fsp3) is 0.111. The summed E-state index contributed by atoms with van der Waals surface area (Å²) in [6, 6.07) is 4.25. The van der Waals surface area contributed by atoms with Crippen LogP contribution >= 0.6 is 11.6 Å². The highest BCUT2D eigenvalue weighted by Gasteiger charge is 2.09. The number of rotatable bonds is 2. The van der Waals surface area contributed by atoms with Crippen molar-refractivity contribution < 1.29 is 9.50 Å². The highest BCUT2D eigenvalue weighted by molar-refractivity contribution is 6.30. The lowest BCUT2D eigenvalue weighted by Gasteiger charge is -2.05. The first-order valence-electron chi connectivity index (χ1n) is 4.17. The van der Waals surface area contributed by atoms with E-state index in [1.54, 1.807) is 6.07 Å². The van der Waals surface area contributed by atoms with Crippen LogP contribution in [0.25, 0.3) is 5.69 Å². The molecule has 0 radical (unpaired) electrons. The molecule has 0 saturated heterocycles. The molecule has 6 heteroatoms. The van der Waals surface area contributed by atoms with Gasteiger partial charge in [0.25, 0.3) is 0 Å². The summed E-state index contributed by atoms with van der Waals surface area (Å²) in [5, 5.41) is 16.5. The van der Waals surface area contributed by atoms with Crippen molar-refractivity contribution in [3.05, 3.63) is 41.2 Å². The number of aromatic nitrogens is 3. The number of aliphatic hydroxyl groups is 1. The van der Waals surface area contributed by atoms with E-state index in [1.807, 2.05) is 0 Å². The first kappa shape index (κ1) is 10.1. The van der Waals surface area contributed by atoms with Gasteiger partial charge in [-0.25, -0.2) is 4.39 Å². The van der Waals surface area contributed by atoms with E-state index in [1.165, 1.54) is 23.0 Å². The number of benzene rings is 1. The Morgan fingerprint density at radius 2 is 2.27 bits per heavy atom. The molecule has 0 aliphatic rings. The molecule has 4 nitrogen and oxygen atoms in total. The van der Waals surface area contributed by atoms with Crippen LogP contribution in [0.4, 0.5) is 4.39 Å². The van der Waals surface area contributed by atoms with Gasteiger partial charge in [0.2, 0.25) is 0 Å². The van der Waals surface area contributed by atoms with Gasteiger partial charge in [0.05, 0.1) is 5.69 Å². The number of nitrogens with zero attached hydrogens (tertiary/aromatic N) is 3. The van der Waals surface area contributed by atoms with Crippen molar-refractivity contribution in [1.82, 2.24) is 14.8 Å². The number of halogens is 2. The highest BCUT2D eigenvalue weighted by Crippen LogP contribution is 2.18. The molecule has 0 bridgehead atoms. The van der Waals surface area contributed by atoms with Gasteiger partial charge in [0.1, 0.15) is 18.8 Å². The van der Waals surface area contributed by atoms with Gasteiger partial charge < -0.3 is 5.11 Å². The second-order valence-corrected chi connectivity index (χ2v) is 3.31. The summed E-state index contributed by atoms with van der Waals surface area (Å²) in [6.07, 6.45) is 1.33. The molecule has 1 N–H and O–H groups in total. The molecule has 78 valence electrons. The van der Waals surface area contributed by atoms with Crippen molar-refractivity contribution in [2.24, 2.45) is 0 Å². The van der Waals surface area contributed by atoms with Crippen molar-refractivity contribution in [3.63, 3.8) is 0 Å². The number of aliphatic hydroxyl groups excluding tert-OH is 1. The van der Waals surface area contributed by atoms with Gasteiger partial charge in [-0.3, -0.25) is 4.57 Å². The molecule has 2 rings (SSSR count). The zero-order valence-corrected chi connectivity index (χ0v) is 8.32. The molecule has 0 saturated carbocycles. The molecule has 0 spiro atoms. The average molecular weight is 228 g/mol. The number of hydrogen-bond acceptors (Lipinski definition) is 3. The molecular formula is C9H7ClFN3O. The van der Waals surface area contributed by atoms with Gasteiger partial charge in [0, 0.05) is 5.02 Å². The summed E-state index contributed by atoms with van der Waals surface area (Å²) in [5.74, 6) is -0.215. The summed E-state index contributed by atoms with van der Waals surface area (Å²) in [5.41, 5.74) is 0.258. The minimum absolute atomic E-state index is 0.258. The molecule has 1 aromatic heterocycles. The Balaban J connectivity index is 2.54. The smallest absolute Gasteiger partial charge is 0.163 e. The fourth-order valence-corrected chi connectivity index (χ4v) is 1.40. The second kappa shape index (κ2) is 3.96. The molecule has 1 aromatic carbocycles. The molecule has 0 aliphatic heterocycles. The Morgan fingerprint density at radius 3 is 2.93 bits per heavy atom.